The van der Waals surface area contributed by atoms with Crippen molar-refractivity contribution >= 4 is 0 Å². The molecule has 0 amide bonds. The number of hydrogen-bond donors (Lipinski definition) is 1. The third-order valence-corrected chi connectivity index (χ3v) is 4.19. The summed E-state index contributed by atoms with van der Waals surface area (Å²) in [5.74, 6) is 0.330. The van der Waals surface area contributed by atoms with Crippen molar-refractivity contribution in [3.05, 3.63) is 35.9 Å². The van der Waals surface area contributed by atoms with Gasteiger partial charge in [-0.1, -0.05) is 30.3 Å². The Labute approximate surface area is 108 Å². The summed E-state index contributed by atoms with van der Waals surface area (Å²) in [5, 5.41) is 0. The number of ether oxygens (including phenoxy) is 2. The van der Waals surface area contributed by atoms with Crippen LogP contribution in [0.15, 0.2) is 30.3 Å². The molecule has 18 heavy (non-hydrogen) atoms. The summed E-state index contributed by atoms with van der Waals surface area (Å²) in [5.41, 5.74) is 7.08. The van der Waals surface area contributed by atoms with Gasteiger partial charge in [-0.25, -0.2) is 0 Å². The minimum absolute atomic E-state index is 0.0956. The van der Waals surface area contributed by atoms with E-state index in [9.17, 15) is 0 Å². The van der Waals surface area contributed by atoms with E-state index in [1.54, 1.807) is 0 Å². The van der Waals surface area contributed by atoms with Gasteiger partial charge in [0.15, 0.2) is 5.79 Å². The fourth-order valence-corrected chi connectivity index (χ4v) is 3.11. The van der Waals surface area contributed by atoms with Gasteiger partial charge in [-0.3, -0.25) is 0 Å². The van der Waals surface area contributed by atoms with Gasteiger partial charge in [0.05, 0.1) is 12.7 Å². The number of nitrogens with two attached hydrogens (primary N) is 1. The minimum atomic E-state index is -0.324. The van der Waals surface area contributed by atoms with Crippen molar-refractivity contribution in [1.29, 1.82) is 0 Å². The van der Waals surface area contributed by atoms with E-state index in [4.69, 9.17) is 15.2 Å². The van der Waals surface area contributed by atoms with Crippen molar-refractivity contribution in [3.63, 3.8) is 0 Å². The molecule has 0 bridgehead atoms. The maximum Gasteiger partial charge on any atom is 0.169 e. The van der Waals surface area contributed by atoms with Gasteiger partial charge in [-0.05, 0) is 24.3 Å². The second-order valence-electron chi connectivity index (χ2n) is 5.38. The fourth-order valence-electron chi connectivity index (χ4n) is 3.11. The van der Waals surface area contributed by atoms with Crippen LogP contribution in [-0.4, -0.2) is 25.0 Å². The van der Waals surface area contributed by atoms with E-state index in [-0.39, 0.29) is 11.9 Å². The number of rotatable bonds is 2. The Morgan fingerprint density at radius 1 is 1.17 bits per heavy atom. The monoisotopic (exact) mass is 247 g/mol. The highest BCUT2D eigenvalue weighted by molar-refractivity contribution is 5.20. The van der Waals surface area contributed by atoms with E-state index < -0.39 is 0 Å². The van der Waals surface area contributed by atoms with Gasteiger partial charge in [0.2, 0.25) is 0 Å². The Balaban J connectivity index is 1.62. The zero-order chi connectivity index (χ0) is 12.4. The quantitative estimate of drug-likeness (QED) is 0.873. The van der Waals surface area contributed by atoms with Gasteiger partial charge >= 0.3 is 0 Å². The predicted molar refractivity (Wildman–Crippen MR) is 70.3 cm³/mol. The zero-order valence-electron chi connectivity index (χ0n) is 10.7. The molecule has 2 N–H and O–H groups in total. The van der Waals surface area contributed by atoms with E-state index in [0.717, 1.165) is 25.7 Å². The third-order valence-electron chi connectivity index (χ3n) is 4.19. The van der Waals surface area contributed by atoms with Gasteiger partial charge in [0.1, 0.15) is 0 Å². The van der Waals surface area contributed by atoms with Crippen molar-refractivity contribution in [3.8, 4) is 0 Å². The third kappa shape index (κ3) is 2.30. The minimum Gasteiger partial charge on any atom is -0.347 e. The first-order chi connectivity index (χ1) is 8.81. The molecule has 1 atom stereocenters. The topological polar surface area (TPSA) is 44.5 Å². The van der Waals surface area contributed by atoms with E-state index in [1.807, 2.05) is 0 Å². The summed E-state index contributed by atoms with van der Waals surface area (Å²) in [6.45, 7) is 1.22. The molecular weight excluding hydrogens is 226 g/mol. The van der Waals surface area contributed by atoms with Crippen LogP contribution < -0.4 is 5.73 Å². The van der Waals surface area contributed by atoms with E-state index >= 15 is 0 Å². The molecular formula is C15H21NO2. The first-order valence-corrected chi connectivity index (χ1v) is 6.88. The van der Waals surface area contributed by atoms with Gasteiger partial charge in [-0.15, -0.1) is 0 Å². The molecule has 1 unspecified atom stereocenters. The van der Waals surface area contributed by atoms with Crippen LogP contribution >= 0.6 is 0 Å². The summed E-state index contributed by atoms with van der Waals surface area (Å²) >= 11 is 0. The lowest BCUT2D eigenvalue weighted by Crippen LogP contribution is -2.36. The van der Waals surface area contributed by atoms with Crippen LogP contribution in [0, 0.1) is 0 Å². The molecule has 98 valence electrons. The highest BCUT2D eigenvalue weighted by Gasteiger charge is 2.43. The Kier molecular flexibility index (Phi) is 3.37. The van der Waals surface area contributed by atoms with E-state index in [0.29, 0.717) is 19.1 Å². The maximum atomic E-state index is 5.98. The Bertz CT molecular complexity index is 385. The highest BCUT2D eigenvalue weighted by atomic mass is 16.7. The lowest BCUT2D eigenvalue weighted by atomic mass is 9.81. The molecule has 1 spiro atoms. The van der Waals surface area contributed by atoms with Gasteiger partial charge < -0.3 is 15.2 Å². The maximum absolute atomic E-state index is 5.98. The first kappa shape index (κ1) is 12.2. The summed E-state index contributed by atoms with van der Waals surface area (Å²) in [7, 11) is 0. The normalized spacial score (nSPS) is 36.1. The molecule has 1 aliphatic carbocycles. The molecule has 3 nitrogen and oxygen atoms in total. The predicted octanol–water partition coefficient (Wildman–Crippen LogP) is 2.41. The summed E-state index contributed by atoms with van der Waals surface area (Å²) in [4.78, 5) is 0. The molecule has 0 aromatic heterocycles. The van der Waals surface area contributed by atoms with Crippen LogP contribution in [0.3, 0.4) is 0 Å². The Morgan fingerprint density at radius 3 is 2.50 bits per heavy atom. The zero-order valence-corrected chi connectivity index (χ0v) is 10.7. The van der Waals surface area contributed by atoms with E-state index in [2.05, 4.69) is 30.3 Å². The Hall–Kier alpha value is -0.900. The van der Waals surface area contributed by atoms with E-state index in [1.165, 1.54) is 5.56 Å². The molecule has 3 heteroatoms. The Morgan fingerprint density at radius 2 is 1.89 bits per heavy atom. The summed E-state index contributed by atoms with van der Waals surface area (Å²) in [6.07, 6.45) is 4.35. The van der Waals surface area contributed by atoms with Crippen molar-refractivity contribution < 1.29 is 9.47 Å². The fraction of sp³-hybridized carbons (Fsp3) is 0.600. The molecule has 1 saturated carbocycles. The second-order valence-corrected chi connectivity index (χ2v) is 5.38. The van der Waals surface area contributed by atoms with Crippen molar-refractivity contribution in [2.75, 3.05) is 13.2 Å². The standard InChI is InChI=1S/C15H21NO2/c16-10-14-11-17-15(18-14)8-6-13(7-9-15)12-4-2-1-3-5-12/h1-5,13-14H,6-11,16H2. The van der Waals surface area contributed by atoms with Crippen LogP contribution in [0.4, 0.5) is 0 Å². The summed E-state index contributed by atoms with van der Waals surface area (Å²) < 4.78 is 11.8. The average Bonchev–Trinajstić information content (AvgIpc) is 2.84. The number of benzene rings is 1. The van der Waals surface area contributed by atoms with Crippen molar-refractivity contribution in [1.82, 2.24) is 0 Å². The van der Waals surface area contributed by atoms with Crippen molar-refractivity contribution in [2.24, 2.45) is 5.73 Å². The largest absolute Gasteiger partial charge is 0.347 e. The van der Waals surface area contributed by atoms with Gasteiger partial charge in [-0.2, -0.15) is 0 Å². The molecule has 2 aliphatic rings. The molecule has 1 saturated heterocycles. The molecule has 1 aromatic rings. The first-order valence-electron chi connectivity index (χ1n) is 6.88. The van der Waals surface area contributed by atoms with Crippen LogP contribution in [0.25, 0.3) is 0 Å². The molecule has 1 aromatic carbocycles. The molecule has 2 fully saturated rings. The lowest BCUT2D eigenvalue weighted by molar-refractivity contribution is -0.188. The SMILES string of the molecule is NCC1COC2(CCC(c3ccccc3)CC2)O1. The molecule has 1 aliphatic heterocycles. The molecule has 0 radical (unpaired) electrons. The highest BCUT2D eigenvalue weighted by Crippen LogP contribution is 2.43. The van der Waals surface area contributed by atoms with Crippen molar-refractivity contribution in [2.45, 2.75) is 43.5 Å². The average molecular weight is 247 g/mol. The second kappa shape index (κ2) is 5.00. The van der Waals surface area contributed by atoms with Crippen LogP contribution in [-0.2, 0) is 9.47 Å². The van der Waals surface area contributed by atoms with Crippen LogP contribution in [0.1, 0.15) is 37.2 Å². The van der Waals surface area contributed by atoms with Gasteiger partial charge in [0, 0.05) is 19.4 Å². The lowest BCUT2D eigenvalue weighted by Gasteiger charge is -2.36. The van der Waals surface area contributed by atoms with Crippen LogP contribution in [0.2, 0.25) is 0 Å². The smallest absolute Gasteiger partial charge is 0.169 e. The number of hydrogen-bond acceptors (Lipinski definition) is 3. The van der Waals surface area contributed by atoms with Crippen LogP contribution in [0.5, 0.6) is 0 Å². The van der Waals surface area contributed by atoms with Gasteiger partial charge in [0.25, 0.3) is 0 Å². The molecule has 3 rings (SSSR count). The molecule has 1 heterocycles. The summed E-state index contributed by atoms with van der Waals surface area (Å²) in [6, 6.07) is 10.8.